The number of benzene rings is 2. The maximum atomic E-state index is 13.8. The molecule has 4 aromatic rings. The fourth-order valence-electron chi connectivity index (χ4n) is 3.29. The molecule has 0 saturated heterocycles. The number of halogens is 5. The number of guanidine groups is 1. The maximum absolute atomic E-state index is 13.8. The van der Waals surface area contributed by atoms with E-state index in [0.717, 1.165) is 23.0 Å². The number of alkyl halides is 3. The van der Waals surface area contributed by atoms with Crippen molar-refractivity contribution in [2.24, 2.45) is 12.0 Å². The number of aromatic hydroxyl groups is 1. The molecule has 0 atom stereocenters. The Morgan fingerprint density at radius 2 is 1.95 bits per heavy atom. The smallest absolute Gasteiger partial charge is 0.435 e. The number of anilines is 1. The molecule has 9 nitrogen and oxygen atoms in total. The molecule has 0 radical (unpaired) electrons. The normalized spacial score (nSPS) is 12.0. The number of phenolic OH excluding ortho intramolecular Hbond substituents is 1. The minimum Gasteiger partial charge on any atom is -0.505 e. The molecule has 4 rings (SSSR count). The van der Waals surface area contributed by atoms with Crippen LogP contribution in [0.4, 0.5) is 29.1 Å². The third-order valence-electron chi connectivity index (χ3n) is 5.08. The predicted molar refractivity (Wildman–Crippen MR) is 128 cm³/mol. The molecule has 0 spiro atoms. The number of hydrogen-bond donors (Lipinski definition) is 4. The number of phenols is 1. The van der Waals surface area contributed by atoms with Gasteiger partial charge in [-0.15, -0.1) is 0 Å². The van der Waals surface area contributed by atoms with E-state index in [2.05, 4.69) is 30.9 Å². The number of aryl methyl sites for hydroxylation is 2. The molecule has 1 amide bonds. The highest BCUT2D eigenvalue weighted by Crippen LogP contribution is 2.31. The fraction of sp³-hybridized carbons (Fsp3) is 0.130. The highest BCUT2D eigenvalue weighted by molar-refractivity contribution is 6.31. The molecule has 192 valence electrons. The molecule has 2 aromatic heterocycles. The number of aromatic amines is 1. The first-order chi connectivity index (χ1) is 17.4. The zero-order valence-electron chi connectivity index (χ0n) is 19.2. The van der Waals surface area contributed by atoms with Gasteiger partial charge in [-0.2, -0.15) is 28.4 Å². The van der Waals surface area contributed by atoms with Crippen LogP contribution in [-0.2, 0) is 13.2 Å². The first-order valence-electron chi connectivity index (χ1n) is 10.5. The van der Waals surface area contributed by atoms with Crippen molar-refractivity contribution >= 4 is 35.0 Å². The van der Waals surface area contributed by atoms with Crippen molar-refractivity contribution in [2.45, 2.75) is 13.1 Å². The standard InChI is InChI=1S/C23H18ClF4N7O2/c1-11-3-5-13(24)8-16(11)29-22(31-21(37)14-10-35(2)34-20(14)23(26,27)28)30-19-9-17(32-33-19)12-4-6-18(36)15(25)7-12/h3-10,36H,1-2H3,(H3,29,30,31,32,33,37). The van der Waals surface area contributed by atoms with Gasteiger partial charge in [0.2, 0.25) is 5.96 Å². The highest BCUT2D eigenvalue weighted by atomic mass is 35.5. The summed E-state index contributed by atoms with van der Waals surface area (Å²) in [6, 6.07) is 9.97. The van der Waals surface area contributed by atoms with Crippen LogP contribution in [-0.4, -0.2) is 37.0 Å². The summed E-state index contributed by atoms with van der Waals surface area (Å²) in [6.45, 7) is 1.74. The highest BCUT2D eigenvalue weighted by Gasteiger charge is 2.39. The molecule has 0 fully saturated rings. The van der Waals surface area contributed by atoms with Gasteiger partial charge < -0.3 is 10.4 Å². The number of aromatic nitrogens is 4. The topological polar surface area (TPSA) is 120 Å². The zero-order chi connectivity index (χ0) is 26.9. The number of carbonyl (C=O) groups is 1. The monoisotopic (exact) mass is 535 g/mol. The van der Waals surface area contributed by atoms with Gasteiger partial charge in [0.25, 0.3) is 5.91 Å². The summed E-state index contributed by atoms with van der Waals surface area (Å²) in [5.41, 5.74) is -0.277. The minimum atomic E-state index is -4.86. The quantitative estimate of drug-likeness (QED) is 0.163. The van der Waals surface area contributed by atoms with E-state index < -0.39 is 34.9 Å². The molecule has 2 heterocycles. The Morgan fingerprint density at radius 1 is 1.19 bits per heavy atom. The van der Waals surface area contributed by atoms with Crippen LogP contribution in [0.5, 0.6) is 5.75 Å². The first kappa shape index (κ1) is 25.7. The molecule has 37 heavy (non-hydrogen) atoms. The van der Waals surface area contributed by atoms with Crippen molar-refractivity contribution < 1.29 is 27.5 Å². The van der Waals surface area contributed by atoms with Crippen molar-refractivity contribution in [3.63, 3.8) is 0 Å². The fourth-order valence-corrected chi connectivity index (χ4v) is 3.46. The lowest BCUT2D eigenvalue weighted by atomic mass is 10.1. The van der Waals surface area contributed by atoms with E-state index in [9.17, 15) is 27.5 Å². The number of carbonyl (C=O) groups excluding carboxylic acids is 1. The molecule has 2 aromatic carbocycles. The van der Waals surface area contributed by atoms with Crippen LogP contribution in [0.2, 0.25) is 5.02 Å². The molecule has 0 aliphatic heterocycles. The van der Waals surface area contributed by atoms with Crippen LogP contribution in [0.25, 0.3) is 11.3 Å². The SMILES string of the molecule is Cc1ccc(Cl)cc1NC(=Nc1cc(-c2ccc(O)c(F)c2)[nH]n1)NC(=O)c1cn(C)nc1C(F)(F)F. The van der Waals surface area contributed by atoms with E-state index >= 15 is 0 Å². The number of hydrogen-bond acceptors (Lipinski definition) is 5. The van der Waals surface area contributed by atoms with Crippen LogP contribution in [0.1, 0.15) is 21.6 Å². The number of H-pyrrole nitrogens is 1. The first-order valence-corrected chi connectivity index (χ1v) is 10.9. The van der Waals surface area contributed by atoms with Gasteiger partial charge in [-0.05, 0) is 42.8 Å². The Morgan fingerprint density at radius 3 is 2.65 bits per heavy atom. The number of aliphatic imine (C=N–C) groups is 1. The second-order valence-corrected chi connectivity index (χ2v) is 8.30. The molecule has 0 aliphatic carbocycles. The molecule has 0 unspecified atom stereocenters. The van der Waals surface area contributed by atoms with Crippen LogP contribution < -0.4 is 10.6 Å². The summed E-state index contributed by atoms with van der Waals surface area (Å²) >= 11 is 6.06. The summed E-state index contributed by atoms with van der Waals surface area (Å²) in [4.78, 5) is 17.1. The summed E-state index contributed by atoms with van der Waals surface area (Å²) in [6.07, 6.45) is -3.93. The van der Waals surface area contributed by atoms with Gasteiger partial charge in [-0.1, -0.05) is 17.7 Å². The Balaban J connectivity index is 1.70. The average Bonchev–Trinajstić information content (AvgIpc) is 3.45. The lowest BCUT2D eigenvalue weighted by molar-refractivity contribution is -0.141. The molecular formula is C23H18ClF4N7O2. The van der Waals surface area contributed by atoms with E-state index in [1.54, 1.807) is 25.1 Å². The van der Waals surface area contributed by atoms with Crippen LogP contribution in [0.15, 0.2) is 53.7 Å². The van der Waals surface area contributed by atoms with Crippen LogP contribution >= 0.6 is 11.6 Å². The molecule has 0 bridgehead atoms. The summed E-state index contributed by atoms with van der Waals surface area (Å²) in [5, 5.41) is 24.9. The predicted octanol–water partition coefficient (Wildman–Crippen LogP) is 5.17. The Labute approximate surface area is 211 Å². The molecule has 14 heteroatoms. The summed E-state index contributed by atoms with van der Waals surface area (Å²) in [5.74, 6) is -2.75. The lowest BCUT2D eigenvalue weighted by Crippen LogP contribution is -2.36. The van der Waals surface area contributed by atoms with E-state index in [-0.39, 0.29) is 11.8 Å². The third-order valence-corrected chi connectivity index (χ3v) is 5.31. The molecular weight excluding hydrogens is 518 g/mol. The Hall–Kier alpha value is -4.39. The molecule has 4 N–H and O–H groups in total. The minimum absolute atomic E-state index is 0.00759. The van der Waals surface area contributed by atoms with E-state index in [0.29, 0.717) is 27.5 Å². The van der Waals surface area contributed by atoms with E-state index in [1.807, 2.05) is 0 Å². The summed E-state index contributed by atoms with van der Waals surface area (Å²) in [7, 11) is 1.26. The van der Waals surface area contributed by atoms with Gasteiger partial charge in [0, 0.05) is 35.6 Å². The van der Waals surface area contributed by atoms with Crippen LogP contribution in [0.3, 0.4) is 0 Å². The second kappa shape index (κ2) is 9.93. The number of rotatable bonds is 4. The summed E-state index contributed by atoms with van der Waals surface area (Å²) < 4.78 is 54.8. The van der Waals surface area contributed by atoms with Gasteiger partial charge in [0.05, 0.1) is 11.3 Å². The molecule has 0 aliphatic rings. The van der Waals surface area contributed by atoms with Gasteiger partial charge in [-0.3, -0.25) is 19.9 Å². The van der Waals surface area contributed by atoms with E-state index in [1.165, 1.54) is 19.2 Å². The number of nitrogens with one attached hydrogen (secondary N) is 3. The van der Waals surface area contributed by atoms with Gasteiger partial charge >= 0.3 is 6.18 Å². The maximum Gasteiger partial charge on any atom is 0.435 e. The van der Waals surface area contributed by atoms with Crippen molar-refractivity contribution in [3.8, 4) is 17.0 Å². The van der Waals surface area contributed by atoms with Crippen molar-refractivity contribution in [2.75, 3.05) is 5.32 Å². The van der Waals surface area contributed by atoms with Crippen LogP contribution in [0, 0.1) is 12.7 Å². The zero-order valence-corrected chi connectivity index (χ0v) is 19.9. The van der Waals surface area contributed by atoms with Crippen molar-refractivity contribution in [1.82, 2.24) is 25.3 Å². The van der Waals surface area contributed by atoms with E-state index in [4.69, 9.17) is 11.6 Å². The van der Waals surface area contributed by atoms with Gasteiger partial charge in [-0.25, -0.2) is 4.39 Å². The van der Waals surface area contributed by atoms with Crippen molar-refractivity contribution in [1.29, 1.82) is 0 Å². The lowest BCUT2D eigenvalue weighted by Gasteiger charge is -2.13. The molecule has 0 saturated carbocycles. The largest absolute Gasteiger partial charge is 0.505 e. The Kier molecular flexibility index (Phi) is 6.90. The third kappa shape index (κ3) is 5.89. The number of nitrogens with zero attached hydrogens (tertiary/aromatic N) is 4. The van der Waals surface area contributed by atoms with Gasteiger partial charge in [0.1, 0.15) is 0 Å². The average molecular weight is 536 g/mol. The second-order valence-electron chi connectivity index (χ2n) is 7.87. The number of amides is 1. The van der Waals surface area contributed by atoms with Crippen molar-refractivity contribution in [3.05, 3.63) is 76.3 Å². The Bertz CT molecular complexity index is 1510. The van der Waals surface area contributed by atoms with Gasteiger partial charge in [0.15, 0.2) is 23.1 Å².